The molecule has 25 nitrogen and oxygen atoms in total. The summed E-state index contributed by atoms with van der Waals surface area (Å²) in [6, 6.07) is 2.35. The van der Waals surface area contributed by atoms with Gasteiger partial charge in [0.2, 0.25) is 41.4 Å². The van der Waals surface area contributed by atoms with Gasteiger partial charge >= 0.3 is 17.9 Å². The number of hydrogen-bond donors (Lipinski definition) is 14. The fourth-order valence-corrected chi connectivity index (χ4v) is 8.09. The number of carbonyl (C=O) groups excluding carboxylic acids is 7. The third-order valence-corrected chi connectivity index (χ3v) is 12.8. The van der Waals surface area contributed by atoms with Crippen LogP contribution in [0.25, 0.3) is 0 Å². The van der Waals surface area contributed by atoms with Gasteiger partial charge in [0.15, 0.2) is 0 Å². The molecule has 0 radical (unpaired) electrons. The van der Waals surface area contributed by atoms with Crippen LogP contribution in [0, 0.1) is 5.92 Å². The first kappa shape index (κ1) is 62.7. The summed E-state index contributed by atoms with van der Waals surface area (Å²) in [5, 5.41) is 56.8. The van der Waals surface area contributed by atoms with Crippen LogP contribution in [0.2, 0.25) is 0 Å². The van der Waals surface area contributed by atoms with Crippen molar-refractivity contribution in [1.82, 2.24) is 47.2 Å². The Balaban J connectivity index is 1.94. The number of thioether (sulfide) groups is 1. The summed E-state index contributed by atoms with van der Waals surface area (Å²) < 4.78 is 0. The first-order chi connectivity index (χ1) is 36.1. The van der Waals surface area contributed by atoms with Crippen LogP contribution in [0.15, 0.2) is 67.1 Å². The van der Waals surface area contributed by atoms with E-state index in [9.17, 15) is 68.4 Å². The van der Waals surface area contributed by atoms with Crippen molar-refractivity contribution >= 4 is 71.0 Å². The van der Waals surface area contributed by atoms with Crippen LogP contribution in [-0.4, -0.2) is 157 Å². The molecule has 7 amide bonds. The molecule has 0 unspecified atom stereocenters. The largest absolute Gasteiger partial charge is 0.508 e. The minimum Gasteiger partial charge on any atom is -0.508 e. The first-order valence-corrected chi connectivity index (χ1v) is 26.1. The number of phenolic OH excluding ortho intramolecular Hbond substituents is 1. The van der Waals surface area contributed by atoms with Gasteiger partial charge in [0, 0.05) is 37.6 Å². The Morgan fingerprint density at radius 3 is 1.68 bits per heavy atom. The van der Waals surface area contributed by atoms with Crippen LogP contribution in [-0.2, 0) is 67.2 Å². The number of nitrogens with one attached hydrogen (secondary N) is 8. The van der Waals surface area contributed by atoms with E-state index in [4.69, 9.17) is 11.5 Å². The Kier molecular flexibility index (Phi) is 27.0. The van der Waals surface area contributed by atoms with E-state index in [0.717, 1.165) is 0 Å². The van der Waals surface area contributed by atoms with Crippen LogP contribution in [0.3, 0.4) is 0 Å². The van der Waals surface area contributed by atoms with Crippen LogP contribution in [0.5, 0.6) is 5.75 Å². The Morgan fingerprint density at radius 2 is 1.14 bits per heavy atom. The molecule has 0 bridgehead atoms. The number of aliphatic carboxylic acids is 3. The molecule has 0 spiro atoms. The lowest BCUT2D eigenvalue weighted by molar-refractivity contribution is -0.142. The summed E-state index contributed by atoms with van der Waals surface area (Å²) >= 11 is 1.41. The molecule has 0 aliphatic carbocycles. The number of aromatic nitrogens is 2. The summed E-state index contributed by atoms with van der Waals surface area (Å²) in [4.78, 5) is 140. The summed E-state index contributed by atoms with van der Waals surface area (Å²) in [5.41, 5.74) is 13.1. The molecule has 9 atom stereocenters. The monoisotopic (exact) mass is 1080 g/mol. The minimum absolute atomic E-state index is 0.000450. The highest BCUT2D eigenvalue weighted by Gasteiger charge is 2.36. The van der Waals surface area contributed by atoms with Gasteiger partial charge < -0.3 is 74.1 Å². The van der Waals surface area contributed by atoms with Gasteiger partial charge in [-0.2, -0.15) is 11.8 Å². The number of aromatic hydroxyl groups is 1. The van der Waals surface area contributed by atoms with Gasteiger partial charge in [-0.15, -0.1) is 0 Å². The number of nitrogens with zero attached hydrogens (tertiary/aromatic N) is 1. The Morgan fingerprint density at radius 1 is 0.618 bits per heavy atom. The van der Waals surface area contributed by atoms with Crippen LogP contribution >= 0.6 is 11.8 Å². The first-order valence-electron chi connectivity index (χ1n) is 24.7. The zero-order valence-electron chi connectivity index (χ0n) is 42.6. The number of nitrogens with two attached hydrogens (primary N) is 2. The third-order valence-electron chi connectivity index (χ3n) is 12.2. The lowest BCUT2D eigenvalue weighted by Crippen LogP contribution is -2.61. The summed E-state index contributed by atoms with van der Waals surface area (Å²) in [6.07, 6.45) is 3.07. The predicted octanol–water partition coefficient (Wildman–Crippen LogP) is -0.784. The van der Waals surface area contributed by atoms with E-state index in [1.807, 2.05) is 0 Å². The predicted molar refractivity (Wildman–Crippen MR) is 278 cm³/mol. The molecule has 2 aromatic carbocycles. The number of carboxylic acids is 3. The number of phenols is 1. The molecule has 0 saturated carbocycles. The number of amides is 7. The lowest BCUT2D eigenvalue weighted by atomic mass is 9.96. The maximum atomic E-state index is 14.4. The summed E-state index contributed by atoms with van der Waals surface area (Å²) in [5.74, 6) is -11.1. The molecule has 3 aromatic rings. The molecule has 26 heteroatoms. The van der Waals surface area contributed by atoms with Gasteiger partial charge in [0.25, 0.3) is 0 Å². The summed E-state index contributed by atoms with van der Waals surface area (Å²) in [6.45, 7) is 3.56. The van der Waals surface area contributed by atoms with Gasteiger partial charge in [-0.3, -0.25) is 43.2 Å². The number of hydrogen-bond acceptors (Lipinski definition) is 15. The lowest BCUT2D eigenvalue weighted by Gasteiger charge is -2.30. The van der Waals surface area contributed by atoms with E-state index in [0.29, 0.717) is 35.4 Å². The number of benzene rings is 2. The number of carboxylic acid groups (broad SMARTS) is 3. The molecule has 416 valence electrons. The zero-order chi connectivity index (χ0) is 56.3. The van der Waals surface area contributed by atoms with Gasteiger partial charge in [0.05, 0.1) is 18.8 Å². The normalized spacial score (nSPS) is 14.6. The molecule has 16 N–H and O–H groups in total. The van der Waals surface area contributed by atoms with E-state index in [1.54, 1.807) is 50.4 Å². The van der Waals surface area contributed by atoms with Crippen molar-refractivity contribution < 1.29 is 68.4 Å². The molecule has 3 rings (SSSR count). The zero-order valence-corrected chi connectivity index (χ0v) is 43.4. The molecule has 1 heterocycles. The van der Waals surface area contributed by atoms with Crippen LogP contribution in [0.4, 0.5) is 0 Å². The van der Waals surface area contributed by atoms with Crippen molar-refractivity contribution in [2.24, 2.45) is 17.4 Å². The Bertz CT molecular complexity index is 2400. The minimum atomic E-state index is -1.73. The second-order valence-electron chi connectivity index (χ2n) is 18.1. The van der Waals surface area contributed by atoms with Gasteiger partial charge in [-0.05, 0) is 79.8 Å². The van der Waals surface area contributed by atoms with E-state index in [-0.39, 0.29) is 50.8 Å². The molecule has 0 aliphatic heterocycles. The Hall–Kier alpha value is -7.58. The quantitative estimate of drug-likeness (QED) is 0.0321. The van der Waals surface area contributed by atoms with Gasteiger partial charge in [0.1, 0.15) is 48.0 Å². The highest BCUT2D eigenvalue weighted by molar-refractivity contribution is 7.98. The van der Waals surface area contributed by atoms with Crippen LogP contribution < -0.4 is 48.7 Å². The smallest absolute Gasteiger partial charge is 0.326 e. The van der Waals surface area contributed by atoms with Crippen molar-refractivity contribution in [3.63, 3.8) is 0 Å². The number of rotatable bonds is 35. The van der Waals surface area contributed by atoms with Crippen LogP contribution in [0.1, 0.15) is 82.0 Å². The van der Waals surface area contributed by atoms with Gasteiger partial charge in [-0.1, -0.05) is 62.7 Å². The maximum absolute atomic E-state index is 14.4. The van der Waals surface area contributed by atoms with E-state index >= 15 is 0 Å². The molecular formula is C50H71N11O14S. The standard InChI is InChI=1S/C50H71N11O14S/c1-4-28(2)42(49(73)56-34(12-8-9-20-51)44(68)58-36(22-29-10-6-5-7-11-29)47(71)60-39(50(74)75)24-31-26-53-27-54-31)61-45(69)35(17-18-40(63)64)55-46(70)37(23-30-13-15-32(62)16-14-30)59-48(72)38(25-41(65)66)57-43(67)33(52)19-21-76-3/h5-7,10-11,13-16,26-28,33-39,42,62H,4,8-9,12,17-25,51-52H2,1-3H3,(H,53,54)(H,55,70)(H,56,73)(H,57,67)(H,58,68)(H,59,72)(H,60,71)(H,61,69)(H,63,64)(H,65,66)(H,74,75)/t28-,33-,34-,35-,36-,37-,38-,39-,42-/m0/s1. The highest BCUT2D eigenvalue weighted by atomic mass is 32.2. The molecule has 76 heavy (non-hydrogen) atoms. The Labute approximate surface area is 443 Å². The number of aromatic amines is 1. The average Bonchev–Trinajstić information content (AvgIpc) is 3.90. The van der Waals surface area contributed by atoms with Crippen molar-refractivity contribution in [2.75, 3.05) is 18.6 Å². The van der Waals surface area contributed by atoms with Gasteiger partial charge in [-0.25, -0.2) is 9.78 Å². The number of unbranched alkanes of at least 4 members (excludes halogenated alkanes) is 1. The molecule has 0 saturated heterocycles. The highest BCUT2D eigenvalue weighted by Crippen LogP contribution is 2.15. The topological polar surface area (TPSA) is 417 Å². The number of imidazole rings is 1. The molecular weight excluding hydrogens is 1010 g/mol. The van der Waals surface area contributed by atoms with E-state index < -0.39 is 133 Å². The average molecular weight is 1080 g/mol. The summed E-state index contributed by atoms with van der Waals surface area (Å²) in [7, 11) is 0. The second-order valence-corrected chi connectivity index (χ2v) is 19.1. The van der Waals surface area contributed by atoms with E-state index in [1.165, 1.54) is 48.6 Å². The van der Waals surface area contributed by atoms with Crippen molar-refractivity contribution in [3.05, 3.63) is 83.9 Å². The third kappa shape index (κ3) is 22.1. The van der Waals surface area contributed by atoms with Crippen molar-refractivity contribution in [2.45, 2.75) is 133 Å². The molecule has 0 aliphatic rings. The second kappa shape index (κ2) is 32.7. The molecule has 0 fully saturated rings. The van der Waals surface area contributed by atoms with Crippen molar-refractivity contribution in [3.8, 4) is 5.75 Å². The maximum Gasteiger partial charge on any atom is 0.326 e. The molecule has 1 aromatic heterocycles. The number of carbonyl (C=O) groups is 10. The fraction of sp³-hybridized carbons (Fsp3) is 0.500. The SMILES string of the molecule is CC[C@H](C)[C@H](NC(=O)[C@H](CCC(=O)O)NC(=O)[C@H](Cc1ccc(O)cc1)NC(=O)[C@H](CC(=O)O)NC(=O)[C@@H](N)CCSC)C(=O)N[C@@H](CCCCN)C(=O)N[C@@H](Cc1ccccc1)C(=O)N[C@@H](Cc1cnc[nH]1)C(=O)O. The van der Waals surface area contributed by atoms with E-state index in [2.05, 4.69) is 47.2 Å². The fourth-order valence-electron chi connectivity index (χ4n) is 7.60. The number of H-pyrrole nitrogens is 1. The van der Waals surface area contributed by atoms with Crippen molar-refractivity contribution in [1.29, 1.82) is 0 Å².